The van der Waals surface area contributed by atoms with E-state index in [1.807, 2.05) is 25.1 Å². The fraction of sp³-hybridized carbons (Fsp3) is 0.576. The van der Waals surface area contributed by atoms with Crippen molar-refractivity contribution in [2.75, 3.05) is 25.5 Å². The first-order valence-electron chi connectivity index (χ1n) is 14.6. The number of methoxy groups -OCH3 is 1. The SMILES string of the molecule is CCC1CCC(C(=O)Nc2ccc(C)c(OC)c2)CC1.CCc1c(C)cc(CN2CCCC2)cc1C(C)=O. The average molecular weight is 521 g/mol. The highest BCUT2D eigenvalue weighted by Gasteiger charge is 2.25. The molecule has 2 aromatic carbocycles. The Hall–Kier alpha value is -2.66. The number of aryl methyl sites for hydroxylation is 2. The molecule has 2 fully saturated rings. The van der Waals surface area contributed by atoms with Gasteiger partial charge in [-0.05, 0) is 119 Å². The van der Waals surface area contributed by atoms with Crippen LogP contribution in [-0.4, -0.2) is 36.8 Å². The first kappa shape index (κ1) is 29.9. The van der Waals surface area contributed by atoms with Crippen LogP contribution in [0.5, 0.6) is 5.75 Å². The van der Waals surface area contributed by atoms with E-state index in [0.717, 1.165) is 54.3 Å². The number of carbonyl (C=O) groups excluding carboxylic acids is 2. The highest BCUT2D eigenvalue weighted by atomic mass is 16.5. The third-order valence-electron chi connectivity index (χ3n) is 8.34. The number of nitrogens with one attached hydrogen (secondary N) is 1. The fourth-order valence-corrected chi connectivity index (χ4v) is 5.94. The van der Waals surface area contributed by atoms with Crippen molar-refractivity contribution in [1.82, 2.24) is 4.90 Å². The first-order valence-corrected chi connectivity index (χ1v) is 14.6. The summed E-state index contributed by atoms with van der Waals surface area (Å²) in [6.45, 7) is 13.5. The molecular formula is C33H48N2O3. The topological polar surface area (TPSA) is 58.6 Å². The van der Waals surface area contributed by atoms with Crippen molar-refractivity contribution in [3.05, 3.63) is 58.1 Å². The van der Waals surface area contributed by atoms with Crippen molar-refractivity contribution in [1.29, 1.82) is 0 Å². The third kappa shape index (κ3) is 8.17. The minimum absolute atomic E-state index is 0.158. The standard InChI is InChI=1S/C17H25NO2.C16H23NO/c1-4-13-6-8-14(9-7-13)17(19)18-15-10-5-12(2)16(11-15)20-3;1-4-15-12(2)9-14(10-16(15)13(3)18)11-17-7-5-6-8-17/h5,10-11,13-14H,4,6-9H2,1-3H3,(H,18,19);9-10H,4-8,11H2,1-3H3. The summed E-state index contributed by atoms with van der Waals surface area (Å²) in [5.41, 5.74) is 6.60. The van der Waals surface area contributed by atoms with Crippen molar-refractivity contribution in [3.8, 4) is 5.75 Å². The van der Waals surface area contributed by atoms with Gasteiger partial charge in [-0.15, -0.1) is 0 Å². The molecule has 1 heterocycles. The van der Waals surface area contributed by atoms with Crippen molar-refractivity contribution in [3.63, 3.8) is 0 Å². The first-order chi connectivity index (χ1) is 18.2. The molecule has 0 bridgehead atoms. The van der Waals surface area contributed by atoms with Gasteiger partial charge < -0.3 is 10.1 Å². The summed E-state index contributed by atoms with van der Waals surface area (Å²) < 4.78 is 5.29. The molecule has 2 aromatic rings. The van der Waals surface area contributed by atoms with E-state index < -0.39 is 0 Å². The Kier molecular flexibility index (Phi) is 11.4. The molecule has 4 rings (SSSR count). The van der Waals surface area contributed by atoms with E-state index in [0.29, 0.717) is 0 Å². The highest BCUT2D eigenvalue weighted by Crippen LogP contribution is 2.32. The molecule has 0 atom stereocenters. The molecule has 1 N–H and O–H groups in total. The number of rotatable bonds is 8. The van der Waals surface area contributed by atoms with Gasteiger partial charge in [0.1, 0.15) is 5.75 Å². The van der Waals surface area contributed by atoms with Crippen molar-refractivity contribution in [2.45, 2.75) is 92.5 Å². The van der Waals surface area contributed by atoms with Gasteiger partial charge in [0.2, 0.25) is 5.91 Å². The Morgan fingerprint density at radius 1 is 0.974 bits per heavy atom. The molecule has 2 aliphatic rings. The molecule has 5 heteroatoms. The summed E-state index contributed by atoms with van der Waals surface area (Å²) in [6.07, 6.45) is 9.21. The van der Waals surface area contributed by atoms with Crippen LogP contribution in [0.25, 0.3) is 0 Å². The van der Waals surface area contributed by atoms with Gasteiger partial charge in [-0.1, -0.05) is 32.4 Å². The molecule has 1 saturated heterocycles. The molecule has 0 radical (unpaired) electrons. The molecular weight excluding hydrogens is 472 g/mol. The number of Topliss-reactive ketones (excluding diaryl/α,β-unsaturated/α-hetero) is 1. The Bertz CT molecular complexity index is 1080. The van der Waals surface area contributed by atoms with E-state index in [9.17, 15) is 9.59 Å². The van der Waals surface area contributed by atoms with Crippen LogP contribution >= 0.6 is 0 Å². The lowest BCUT2D eigenvalue weighted by molar-refractivity contribution is -0.121. The Labute approximate surface area is 230 Å². The summed E-state index contributed by atoms with van der Waals surface area (Å²) in [4.78, 5) is 26.5. The number of carbonyl (C=O) groups is 2. The Balaban J connectivity index is 0.000000212. The second-order valence-electron chi connectivity index (χ2n) is 11.1. The van der Waals surface area contributed by atoms with Crippen molar-refractivity contribution in [2.24, 2.45) is 11.8 Å². The summed E-state index contributed by atoms with van der Waals surface area (Å²) in [5.74, 6) is 2.16. The van der Waals surface area contributed by atoms with Crippen LogP contribution in [0, 0.1) is 25.7 Å². The zero-order valence-electron chi connectivity index (χ0n) is 24.5. The summed E-state index contributed by atoms with van der Waals surface area (Å²) in [5, 5.41) is 3.03. The molecule has 1 saturated carbocycles. The average Bonchev–Trinajstić information content (AvgIpc) is 3.43. The molecule has 0 unspecified atom stereocenters. The predicted octanol–water partition coefficient (Wildman–Crippen LogP) is 7.51. The lowest BCUT2D eigenvalue weighted by Crippen LogP contribution is -2.27. The lowest BCUT2D eigenvalue weighted by Gasteiger charge is -2.27. The number of benzene rings is 2. The van der Waals surface area contributed by atoms with E-state index in [1.54, 1.807) is 14.0 Å². The molecule has 5 nitrogen and oxygen atoms in total. The van der Waals surface area contributed by atoms with E-state index >= 15 is 0 Å². The van der Waals surface area contributed by atoms with Crippen LogP contribution in [0.3, 0.4) is 0 Å². The monoisotopic (exact) mass is 520 g/mol. The third-order valence-corrected chi connectivity index (χ3v) is 8.34. The van der Waals surface area contributed by atoms with Gasteiger partial charge in [0.05, 0.1) is 7.11 Å². The number of ketones is 1. The predicted molar refractivity (Wildman–Crippen MR) is 157 cm³/mol. The van der Waals surface area contributed by atoms with Crippen LogP contribution in [-0.2, 0) is 17.8 Å². The minimum Gasteiger partial charge on any atom is -0.496 e. The van der Waals surface area contributed by atoms with Gasteiger partial charge in [0.25, 0.3) is 0 Å². The van der Waals surface area contributed by atoms with E-state index in [2.05, 4.69) is 43.1 Å². The fourth-order valence-electron chi connectivity index (χ4n) is 5.94. The quantitative estimate of drug-likeness (QED) is 0.366. The maximum Gasteiger partial charge on any atom is 0.227 e. The molecule has 0 spiro atoms. The molecule has 208 valence electrons. The van der Waals surface area contributed by atoms with Crippen LogP contribution in [0.4, 0.5) is 5.69 Å². The van der Waals surface area contributed by atoms with Crippen molar-refractivity contribution >= 4 is 17.4 Å². The Morgan fingerprint density at radius 3 is 2.24 bits per heavy atom. The van der Waals surface area contributed by atoms with Gasteiger partial charge in [-0.3, -0.25) is 14.5 Å². The lowest BCUT2D eigenvalue weighted by atomic mass is 9.80. The summed E-state index contributed by atoms with van der Waals surface area (Å²) in [6, 6.07) is 10.2. The summed E-state index contributed by atoms with van der Waals surface area (Å²) >= 11 is 0. The van der Waals surface area contributed by atoms with E-state index in [-0.39, 0.29) is 17.6 Å². The smallest absolute Gasteiger partial charge is 0.227 e. The number of hydrogen-bond acceptors (Lipinski definition) is 4. The number of anilines is 1. The summed E-state index contributed by atoms with van der Waals surface area (Å²) in [7, 11) is 1.65. The minimum atomic E-state index is 0.158. The van der Waals surface area contributed by atoms with Gasteiger partial charge >= 0.3 is 0 Å². The van der Waals surface area contributed by atoms with Crippen LogP contribution in [0.2, 0.25) is 0 Å². The zero-order valence-corrected chi connectivity index (χ0v) is 24.5. The molecule has 38 heavy (non-hydrogen) atoms. The second kappa shape index (κ2) is 14.5. The van der Waals surface area contributed by atoms with Crippen LogP contribution in [0.15, 0.2) is 30.3 Å². The van der Waals surface area contributed by atoms with Gasteiger partial charge in [0.15, 0.2) is 5.78 Å². The molecule has 1 amide bonds. The molecule has 0 aromatic heterocycles. The van der Waals surface area contributed by atoms with Crippen LogP contribution < -0.4 is 10.1 Å². The Morgan fingerprint density at radius 2 is 1.66 bits per heavy atom. The highest BCUT2D eigenvalue weighted by molar-refractivity contribution is 5.96. The van der Waals surface area contributed by atoms with Crippen molar-refractivity contribution < 1.29 is 14.3 Å². The molecule has 1 aliphatic carbocycles. The number of ether oxygens (including phenoxy) is 1. The number of amides is 1. The second-order valence-corrected chi connectivity index (χ2v) is 11.1. The largest absolute Gasteiger partial charge is 0.496 e. The van der Waals surface area contributed by atoms with Gasteiger partial charge in [0, 0.05) is 29.8 Å². The molecule has 1 aliphatic heterocycles. The van der Waals surface area contributed by atoms with E-state index in [4.69, 9.17) is 4.74 Å². The number of likely N-dealkylation sites (tertiary alicyclic amines) is 1. The zero-order chi connectivity index (χ0) is 27.7. The normalized spacial score (nSPS) is 19.4. The van der Waals surface area contributed by atoms with E-state index in [1.165, 1.54) is 61.9 Å². The van der Waals surface area contributed by atoms with Gasteiger partial charge in [-0.25, -0.2) is 0 Å². The van der Waals surface area contributed by atoms with Crippen LogP contribution in [0.1, 0.15) is 98.3 Å². The maximum atomic E-state index is 12.3. The number of hydrogen-bond donors (Lipinski definition) is 1. The number of nitrogens with zero attached hydrogens (tertiary/aromatic N) is 1. The van der Waals surface area contributed by atoms with Gasteiger partial charge in [-0.2, -0.15) is 0 Å². The maximum absolute atomic E-state index is 12.3.